The van der Waals surface area contributed by atoms with E-state index in [4.69, 9.17) is 14.2 Å². The maximum absolute atomic E-state index is 12.1. The third kappa shape index (κ3) is 7.76. The van der Waals surface area contributed by atoms with Gasteiger partial charge in [-0.05, 0) is 42.8 Å². The summed E-state index contributed by atoms with van der Waals surface area (Å²) in [5.41, 5.74) is 0.874. The zero-order valence-electron chi connectivity index (χ0n) is 17.5. The van der Waals surface area contributed by atoms with E-state index < -0.39 is 0 Å². The molecule has 1 aliphatic rings. The number of benzene rings is 1. The number of nitrogens with one attached hydrogen (secondary N) is 1. The van der Waals surface area contributed by atoms with Crippen LogP contribution in [0.4, 0.5) is 0 Å². The molecular formula is C22H27N3O5S. The molecule has 1 aromatic carbocycles. The van der Waals surface area contributed by atoms with Crippen LogP contribution < -0.4 is 14.8 Å². The van der Waals surface area contributed by atoms with Gasteiger partial charge in [0.2, 0.25) is 17.7 Å². The summed E-state index contributed by atoms with van der Waals surface area (Å²) in [7, 11) is 0. The Morgan fingerprint density at radius 2 is 1.87 bits per heavy atom. The van der Waals surface area contributed by atoms with Crippen molar-refractivity contribution in [2.75, 3.05) is 44.4 Å². The molecule has 9 heteroatoms. The summed E-state index contributed by atoms with van der Waals surface area (Å²) in [6, 6.07) is 10.9. The number of ether oxygens (including phenoxy) is 3. The Labute approximate surface area is 186 Å². The smallest absolute Gasteiger partial charge is 0.232 e. The van der Waals surface area contributed by atoms with E-state index >= 15 is 0 Å². The minimum Gasteiger partial charge on any atom is -0.494 e. The van der Waals surface area contributed by atoms with E-state index in [1.807, 2.05) is 37.3 Å². The lowest BCUT2D eigenvalue weighted by Gasteiger charge is -2.26. The van der Waals surface area contributed by atoms with Crippen molar-refractivity contribution in [1.82, 2.24) is 15.2 Å². The first kappa shape index (κ1) is 22.9. The van der Waals surface area contributed by atoms with Crippen LogP contribution in [0.2, 0.25) is 0 Å². The summed E-state index contributed by atoms with van der Waals surface area (Å²) in [6.07, 6.45) is 1.64. The van der Waals surface area contributed by atoms with Crippen LogP contribution in [0.5, 0.6) is 17.4 Å². The predicted molar refractivity (Wildman–Crippen MR) is 118 cm³/mol. The Kier molecular flexibility index (Phi) is 8.99. The van der Waals surface area contributed by atoms with Gasteiger partial charge in [0.1, 0.15) is 11.5 Å². The molecule has 0 radical (unpaired) electrons. The van der Waals surface area contributed by atoms with Crippen molar-refractivity contribution < 1.29 is 23.8 Å². The van der Waals surface area contributed by atoms with Crippen molar-refractivity contribution in [1.29, 1.82) is 0 Å². The standard InChI is InChI=1S/C22H27N3O5S/c1-2-29-18-3-5-19(6-4-18)30-21-13-17(7-8-23-21)14-24-20(26)15-31-16-22(27)25-9-11-28-12-10-25/h3-8,13H,2,9-12,14-16H2,1H3,(H,24,26). The van der Waals surface area contributed by atoms with E-state index in [1.54, 1.807) is 17.2 Å². The molecular weight excluding hydrogens is 418 g/mol. The van der Waals surface area contributed by atoms with Crippen molar-refractivity contribution in [2.24, 2.45) is 0 Å². The molecule has 0 spiro atoms. The lowest BCUT2D eigenvalue weighted by Crippen LogP contribution is -2.41. The molecule has 2 aromatic rings. The first-order chi connectivity index (χ1) is 15.1. The number of pyridine rings is 1. The van der Waals surface area contributed by atoms with Crippen LogP contribution in [0, 0.1) is 0 Å². The Hall–Kier alpha value is -2.78. The van der Waals surface area contributed by atoms with Crippen LogP contribution in [0.15, 0.2) is 42.6 Å². The van der Waals surface area contributed by atoms with Gasteiger partial charge in [0.25, 0.3) is 0 Å². The molecule has 3 rings (SSSR count). The average molecular weight is 446 g/mol. The highest BCUT2D eigenvalue weighted by molar-refractivity contribution is 8.00. The number of hydrogen-bond acceptors (Lipinski definition) is 7. The number of hydrogen-bond donors (Lipinski definition) is 1. The largest absolute Gasteiger partial charge is 0.494 e. The number of morpholine rings is 1. The van der Waals surface area contributed by atoms with E-state index in [9.17, 15) is 9.59 Å². The predicted octanol–water partition coefficient (Wildman–Crippen LogP) is 2.48. The number of amides is 2. The van der Waals surface area contributed by atoms with Gasteiger partial charge < -0.3 is 24.4 Å². The number of thioether (sulfide) groups is 1. The second-order valence-corrected chi connectivity index (χ2v) is 7.76. The van der Waals surface area contributed by atoms with E-state index in [0.29, 0.717) is 56.8 Å². The zero-order chi connectivity index (χ0) is 21.9. The van der Waals surface area contributed by atoms with Crippen molar-refractivity contribution >= 4 is 23.6 Å². The van der Waals surface area contributed by atoms with Gasteiger partial charge in [-0.1, -0.05) is 0 Å². The SMILES string of the molecule is CCOc1ccc(Oc2cc(CNC(=O)CSCC(=O)N3CCOCC3)ccn2)cc1. The molecule has 2 amide bonds. The van der Waals surface area contributed by atoms with Gasteiger partial charge in [0, 0.05) is 31.9 Å². The molecule has 0 saturated carbocycles. The molecule has 1 fully saturated rings. The summed E-state index contributed by atoms with van der Waals surface area (Å²) in [6.45, 7) is 5.29. The molecule has 0 atom stereocenters. The van der Waals surface area contributed by atoms with E-state index in [0.717, 1.165) is 11.3 Å². The second-order valence-electron chi connectivity index (χ2n) is 6.77. The molecule has 1 aromatic heterocycles. The first-order valence-corrected chi connectivity index (χ1v) is 11.3. The van der Waals surface area contributed by atoms with Crippen LogP contribution in [0.3, 0.4) is 0 Å². The number of nitrogens with zero attached hydrogens (tertiary/aromatic N) is 2. The molecule has 0 bridgehead atoms. The molecule has 8 nitrogen and oxygen atoms in total. The zero-order valence-corrected chi connectivity index (χ0v) is 18.4. The molecule has 1 N–H and O–H groups in total. The fourth-order valence-electron chi connectivity index (χ4n) is 2.89. The summed E-state index contributed by atoms with van der Waals surface area (Å²) < 4.78 is 16.4. The summed E-state index contributed by atoms with van der Waals surface area (Å²) in [4.78, 5) is 30.2. The maximum atomic E-state index is 12.1. The summed E-state index contributed by atoms with van der Waals surface area (Å²) in [5.74, 6) is 2.33. The van der Waals surface area contributed by atoms with Gasteiger partial charge in [-0.25, -0.2) is 4.98 Å². The van der Waals surface area contributed by atoms with Crippen LogP contribution in [0.25, 0.3) is 0 Å². The highest BCUT2D eigenvalue weighted by Gasteiger charge is 2.16. The second kappa shape index (κ2) is 12.2. The highest BCUT2D eigenvalue weighted by atomic mass is 32.2. The number of rotatable bonds is 10. The number of carbonyl (C=O) groups is 2. The van der Waals surface area contributed by atoms with Crippen molar-refractivity contribution in [3.63, 3.8) is 0 Å². The van der Waals surface area contributed by atoms with Crippen LogP contribution >= 0.6 is 11.8 Å². The van der Waals surface area contributed by atoms with E-state index in [2.05, 4.69) is 10.3 Å². The third-order valence-electron chi connectivity index (χ3n) is 4.47. The van der Waals surface area contributed by atoms with Gasteiger partial charge in [0.05, 0.1) is 31.3 Å². The van der Waals surface area contributed by atoms with Gasteiger partial charge in [-0.3, -0.25) is 9.59 Å². The lowest BCUT2D eigenvalue weighted by atomic mass is 10.2. The monoisotopic (exact) mass is 445 g/mol. The quantitative estimate of drug-likeness (QED) is 0.601. The van der Waals surface area contributed by atoms with E-state index in [1.165, 1.54) is 11.8 Å². The molecule has 1 saturated heterocycles. The minimum absolute atomic E-state index is 0.0475. The lowest BCUT2D eigenvalue weighted by molar-refractivity contribution is -0.132. The molecule has 2 heterocycles. The Morgan fingerprint density at radius 1 is 1.13 bits per heavy atom. The summed E-state index contributed by atoms with van der Waals surface area (Å²) >= 11 is 1.32. The molecule has 166 valence electrons. The Bertz CT molecular complexity index is 856. The van der Waals surface area contributed by atoms with Crippen LogP contribution in [-0.4, -0.2) is 66.1 Å². The normalized spacial score (nSPS) is 13.5. The maximum Gasteiger partial charge on any atom is 0.232 e. The molecule has 1 aliphatic heterocycles. The van der Waals surface area contributed by atoms with Gasteiger partial charge in [-0.2, -0.15) is 0 Å². The van der Waals surface area contributed by atoms with E-state index in [-0.39, 0.29) is 17.6 Å². The van der Waals surface area contributed by atoms with Crippen LogP contribution in [0.1, 0.15) is 12.5 Å². The first-order valence-electron chi connectivity index (χ1n) is 10.2. The average Bonchev–Trinajstić information content (AvgIpc) is 2.80. The fraction of sp³-hybridized carbons (Fsp3) is 0.409. The Balaban J connectivity index is 1.39. The van der Waals surface area contributed by atoms with Gasteiger partial charge >= 0.3 is 0 Å². The van der Waals surface area contributed by atoms with Gasteiger partial charge in [0.15, 0.2) is 0 Å². The van der Waals surface area contributed by atoms with Gasteiger partial charge in [-0.15, -0.1) is 11.8 Å². The third-order valence-corrected chi connectivity index (χ3v) is 5.39. The van der Waals surface area contributed by atoms with Crippen molar-refractivity contribution in [3.05, 3.63) is 48.2 Å². The molecule has 0 unspecified atom stereocenters. The van der Waals surface area contributed by atoms with Crippen molar-refractivity contribution in [3.8, 4) is 17.4 Å². The van der Waals surface area contributed by atoms with Crippen LogP contribution in [-0.2, 0) is 20.9 Å². The van der Waals surface area contributed by atoms with Crippen molar-refractivity contribution in [2.45, 2.75) is 13.5 Å². The minimum atomic E-state index is -0.120. The molecule has 0 aliphatic carbocycles. The number of carbonyl (C=O) groups excluding carboxylic acids is 2. The molecule has 31 heavy (non-hydrogen) atoms. The Morgan fingerprint density at radius 3 is 2.61 bits per heavy atom. The highest BCUT2D eigenvalue weighted by Crippen LogP contribution is 2.23. The summed E-state index contributed by atoms with van der Waals surface area (Å²) in [5, 5.41) is 2.86. The number of aromatic nitrogens is 1. The fourth-order valence-corrected chi connectivity index (χ4v) is 3.64. The topological polar surface area (TPSA) is 90.0 Å².